The highest BCUT2D eigenvalue weighted by Crippen LogP contribution is 2.38. The highest BCUT2D eigenvalue weighted by molar-refractivity contribution is 7.18. The Hall–Kier alpha value is -2.50. The summed E-state index contributed by atoms with van der Waals surface area (Å²) in [6, 6.07) is 2.27. The number of nitrogens with zero attached hydrogens (tertiary/aromatic N) is 3. The van der Waals surface area contributed by atoms with Crippen LogP contribution in [0, 0.1) is 17.2 Å². The number of anilines is 1. The van der Waals surface area contributed by atoms with Gasteiger partial charge in [-0.1, -0.05) is 6.92 Å². The second kappa shape index (κ2) is 8.21. The molecule has 0 saturated heterocycles. The lowest BCUT2D eigenvalue weighted by Crippen LogP contribution is -2.24. The summed E-state index contributed by atoms with van der Waals surface area (Å²) in [7, 11) is 0. The minimum atomic E-state index is -0.178. The van der Waals surface area contributed by atoms with Crippen molar-refractivity contribution in [1.29, 1.82) is 5.26 Å². The number of hydrogen-bond acceptors (Lipinski definition) is 6. The Morgan fingerprint density at radius 3 is 2.94 bits per heavy atom. The predicted molar refractivity (Wildman–Crippen MR) is 124 cm³/mol. The summed E-state index contributed by atoms with van der Waals surface area (Å²) >= 11 is 3.16. The van der Waals surface area contributed by atoms with Crippen LogP contribution in [0.2, 0.25) is 0 Å². The lowest BCUT2D eigenvalue weighted by atomic mass is 9.89. The minimum absolute atomic E-state index is 0.0471. The monoisotopic (exact) mass is 452 g/mol. The van der Waals surface area contributed by atoms with E-state index in [1.54, 1.807) is 22.2 Å². The van der Waals surface area contributed by atoms with Crippen molar-refractivity contribution in [3.63, 3.8) is 0 Å². The number of amides is 1. The zero-order valence-corrected chi connectivity index (χ0v) is 19.1. The standard InChI is InChI=1S/C23H24N4O2S2/c1-13-6-7-15-18(10-13)31-22-20(15)23(29)27(12-25-22)9-8-19(28)26-21-16(11-24)14-4-2-3-5-17(14)30-21/h12-13H,2-10H2,1H3,(H,26,28). The third-order valence-electron chi connectivity index (χ3n) is 6.40. The summed E-state index contributed by atoms with van der Waals surface area (Å²) in [6.07, 6.45) is 8.90. The van der Waals surface area contributed by atoms with E-state index >= 15 is 0 Å². The van der Waals surface area contributed by atoms with Gasteiger partial charge in [0, 0.05) is 22.7 Å². The van der Waals surface area contributed by atoms with Crippen LogP contribution in [-0.4, -0.2) is 15.5 Å². The number of hydrogen-bond donors (Lipinski definition) is 1. The number of rotatable bonds is 4. The first kappa shape index (κ1) is 20.4. The number of nitriles is 1. The molecular weight excluding hydrogens is 428 g/mol. The molecule has 2 aliphatic rings. The molecule has 0 aromatic carbocycles. The quantitative estimate of drug-likeness (QED) is 0.635. The average molecular weight is 453 g/mol. The number of thiophene rings is 2. The van der Waals surface area contributed by atoms with Crippen molar-refractivity contribution < 1.29 is 4.79 Å². The van der Waals surface area contributed by atoms with E-state index < -0.39 is 0 Å². The number of fused-ring (bicyclic) bond motifs is 4. The van der Waals surface area contributed by atoms with Gasteiger partial charge in [-0.25, -0.2) is 4.98 Å². The van der Waals surface area contributed by atoms with Gasteiger partial charge in [-0.05, 0) is 62.0 Å². The molecule has 31 heavy (non-hydrogen) atoms. The third kappa shape index (κ3) is 3.70. The first-order chi connectivity index (χ1) is 15.0. The molecule has 1 N–H and O–H groups in total. The van der Waals surface area contributed by atoms with Crippen molar-refractivity contribution in [1.82, 2.24) is 9.55 Å². The minimum Gasteiger partial charge on any atom is -0.317 e. The van der Waals surface area contributed by atoms with Crippen LogP contribution in [0.4, 0.5) is 5.00 Å². The van der Waals surface area contributed by atoms with Crippen LogP contribution >= 0.6 is 22.7 Å². The maximum absolute atomic E-state index is 13.1. The smallest absolute Gasteiger partial charge is 0.262 e. The summed E-state index contributed by atoms with van der Waals surface area (Å²) < 4.78 is 1.55. The fourth-order valence-electron chi connectivity index (χ4n) is 4.71. The number of aryl methyl sites for hydroxylation is 3. The van der Waals surface area contributed by atoms with Gasteiger partial charge in [0.05, 0.1) is 17.3 Å². The van der Waals surface area contributed by atoms with E-state index in [-0.39, 0.29) is 24.4 Å². The summed E-state index contributed by atoms with van der Waals surface area (Å²) in [4.78, 5) is 33.6. The molecule has 160 valence electrons. The number of carbonyl (C=O) groups is 1. The van der Waals surface area contributed by atoms with Gasteiger partial charge in [-0.3, -0.25) is 14.2 Å². The molecule has 2 aliphatic carbocycles. The lowest BCUT2D eigenvalue weighted by molar-refractivity contribution is -0.116. The van der Waals surface area contributed by atoms with Gasteiger partial charge in [0.15, 0.2) is 0 Å². The van der Waals surface area contributed by atoms with Crippen LogP contribution in [0.3, 0.4) is 0 Å². The zero-order valence-electron chi connectivity index (χ0n) is 17.5. The van der Waals surface area contributed by atoms with Crippen molar-refractivity contribution in [3.8, 4) is 6.07 Å². The van der Waals surface area contributed by atoms with Crippen LogP contribution in [0.25, 0.3) is 10.2 Å². The molecule has 3 aromatic rings. The fraction of sp³-hybridized carbons (Fsp3) is 0.478. The molecule has 0 radical (unpaired) electrons. The summed E-state index contributed by atoms with van der Waals surface area (Å²) in [5.41, 5.74) is 2.84. The highest BCUT2D eigenvalue weighted by Gasteiger charge is 2.24. The summed E-state index contributed by atoms with van der Waals surface area (Å²) in [6.45, 7) is 2.53. The van der Waals surface area contributed by atoms with Crippen molar-refractivity contribution in [2.45, 2.75) is 64.8 Å². The topological polar surface area (TPSA) is 87.8 Å². The van der Waals surface area contributed by atoms with Crippen molar-refractivity contribution in [3.05, 3.63) is 43.1 Å². The number of carbonyl (C=O) groups excluding carboxylic acids is 1. The van der Waals surface area contributed by atoms with E-state index in [1.165, 1.54) is 21.1 Å². The second-order valence-corrected chi connectivity index (χ2v) is 10.8. The Morgan fingerprint density at radius 1 is 1.26 bits per heavy atom. The van der Waals surface area contributed by atoms with Gasteiger partial charge >= 0.3 is 0 Å². The van der Waals surface area contributed by atoms with E-state index in [0.29, 0.717) is 16.5 Å². The van der Waals surface area contributed by atoms with E-state index in [2.05, 4.69) is 23.3 Å². The Kier molecular flexibility index (Phi) is 5.40. The maximum Gasteiger partial charge on any atom is 0.262 e. The second-order valence-electron chi connectivity index (χ2n) is 8.60. The van der Waals surface area contributed by atoms with Crippen LogP contribution in [-0.2, 0) is 37.0 Å². The molecule has 8 heteroatoms. The van der Waals surface area contributed by atoms with Crippen LogP contribution in [0.15, 0.2) is 11.1 Å². The highest BCUT2D eigenvalue weighted by atomic mass is 32.1. The van der Waals surface area contributed by atoms with Gasteiger partial charge in [-0.2, -0.15) is 5.26 Å². The van der Waals surface area contributed by atoms with Crippen LogP contribution in [0.1, 0.15) is 59.1 Å². The molecule has 0 bridgehead atoms. The van der Waals surface area contributed by atoms with Gasteiger partial charge < -0.3 is 5.32 Å². The van der Waals surface area contributed by atoms with E-state index in [9.17, 15) is 14.9 Å². The molecule has 0 saturated carbocycles. The Morgan fingerprint density at radius 2 is 2.10 bits per heavy atom. The molecular formula is C23H24N4O2S2. The van der Waals surface area contributed by atoms with Gasteiger partial charge in [-0.15, -0.1) is 22.7 Å². The molecule has 3 heterocycles. The zero-order chi connectivity index (χ0) is 21.5. The molecule has 6 nitrogen and oxygen atoms in total. The molecule has 1 amide bonds. The van der Waals surface area contributed by atoms with Crippen molar-refractivity contribution >= 4 is 43.8 Å². The van der Waals surface area contributed by atoms with Crippen LogP contribution < -0.4 is 10.9 Å². The molecule has 0 fully saturated rings. The normalized spacial score (nSPS) is 17.7. The lowest BCUT2D eigenvalue weighted by Gasteiger charge is -2.17. The Balaban J connectivity index is 1.33. The molecule has 1 atom stereocenters. The Bertz CT molecular complexity index is 1280. The summed E-state index contributed by atoms with van der Waals surface area (Å²) in [5.74, 6) is 0.468. The Labute approximate surface area is 188 Å². The predicted octanol–water partition coefficient (Wildman–Crippen LogP) is 4.42. The third-order valence-corrected chi connectivity index (χ3v) is 8.77. The van der Waals surface area contributed by atoms with Crippen molar-refractivity contribution in [2.75, 3.05) is 5.32 Å². The molecule has 5 rings (SSSR count). The largest absolute Gasteiger partial charge is 0.317 e. The van der Waals surface area contributed by atoms with E-state index in [0.717, 1.165) is 66.3 Å². The summed E-state index contributed by atoms with van der Waals surface area (Å²) in [5, 5.41) is 13.9. The van der Waals surface area contributed by atoms with E-state index in [4.69, 9.17) is 0 Å². The number of aromatic nitrogens is 2. The average Bonchev–Trinajstić information content (AvgIpc) is 3.30. The SMILES string of the molecule is CC1CCc2c(sc3ncn(CCC(=O)Nc4sc5c(c4C#N)CCCC5)c(=O)c23)C1. The first-order valence-electron chi connectivity index (χ1n) is 10.9. The fourth-order valence-corrected chi connectivity index (χ4v) is 7.31. The van der Waals surface area contributed by atoms with Gasteiger partial charge in [0.25, 0.3) is 5.56 Å². The molecule has 0 spiro atoms. The molecule has 3 aromatic heterocycles. The van der Waals surface area contributed by atoms with E-state index in [1.807, 2.05) is 0 Å². The first-order valence-corrected chi connectivity index (χ1v) is 12.5. The molecule has 1 unspecified atom stereocenters. The molecule has 0 aliphatic heterocycles. The maximum atomic E-state index is 13.1. The van der Waals surface area contributed by atoms with Crippen molar-refractivity contribution in [2.24, 2.45) is 5.92 Å². The van der Waals surface area contributed by atoms with Crippen LogP contribution in [0.5, 0.6) is 0 Å². The van der Waals surface area contributed by atoms with Gasteiger partial charge in [0.2, 0.25) is 5.91 Å². The number of nitrogens with one attached hydrogen (secondary N) is 1. The van der Waals surface area contributed by atoms with Gasteiger partial charge in [0.1, 0.15) is 15.9 Å².